The number of likely N-dealkylation sites (N-methyl/N-ethyl adjacent to an activating group) is 1. The van der Waals surface area contributed by atoms with Crippen LogP contribution in [-0.2, 0) is 0 Å². The molecule has 2 unspecified atom stereocenters. The van der Waals surface area contributed by atoms with Crippen molar-refractivity contribution in [1.82, 2.24) is 10.2 Å². The molecule has 0 spiro atoms. The summed E-state index contributed by atoms with van der Waals surface area (Å²) in [5, 5.41) is 3.32. The molecule has 0 radical (unpaired) electrons. The van der Waals surface area contributed by atoms with Gasteiger partial charge in [-0.05, 0) is 26.8 Å². The Morgan fingerprint density at radius 1 is 1.75 bits per heavy atom. The van der Waals surface area contributed by atoms with E-state index in [0.29, 0.717) is 12.1 Å². The highest BCUT2D eigenvalue weighted by atomic mass is 15.2. The molecule has 1 rings (SSSR count). The van der Waals surface area contributed by atoms with Crippen LogP contribution in [0.25, 0.3) is 0 Å². The molecule has 0 amide bonds. The Labute approximate surface area is 75.6 Å². The molecule has 0 saturated carbocycles. The van der Waals surface area contributed by atoms with E-state index in [-0.39, 0.29) is 0 Å². The zero-order chi connectivity index (χ0) is 8.97. The second-order valence-corrected chi connectivity index (χ2v) is 3.64. The minimum atomic E-state index is 0.667. The maximum absolute atomic E-state index is 3.77. The van der Waals surface area contributed by atoms with E-state index in [1.165, 1.54) is 19.5 Å². The SMILES string of the molecule is C=CCC(C)N1CCC(NC)C1. The van der Waals surface area contributed by atoms with Gasteiger partial charge in [0.1, 0.15) is 0 Å². The van der Waals surface area contributed by atoms with Gasteiger partial charge in [0.2, 0.25) is 0 Å². The van der Waals surface area contributed by atoms with Gasteiger partial charge in [0.05, 0.1) is 0 Å². The monoisotopic (exact) mass is 168 g/mol. The Kier molecular flexibility index (Phi) is 3.76. The van der Waals surface area contributed by atoms with Gasteiger partial charge in [-0.25, -0.2) is 0 Å². The predicted octanol–water partition coefficient (Wildman–Crippen LogP) is 1.24. The van der Waals surface area contributed by atoms with E-state index < -0.39 is 0 Å². The predicted molar refractivity (Wildman–Crippen MR) is 53.3 cm³/mol. The summed E-state index contributed by atoms with van der Waals surface area (Å²) in [4.78, 5) is 2.53. The molecule has 2 nitrogen and oxygen atoms in total. The molecular formula is C10H20N2. The molecule has 0 aromatic rings. The summed E-state index contributed by atoms with van der Waals surface area (Å²) in [5.74, 6) is 0. The molecule has 1 N–H and O–H groups in total. The van der Waals surface area contributed by atoms with Crippen LogP contribution in [0, 0.1) is 0 Å². The highest BCUT2D eigenvalue weighted by Crippen LogP contribution is 2.14. The third kappa shape index (κ3) is 2.32. The Bertz CT molecular complexity index is 145. The van der Waals surface area contributed by atoms with E-state index in [1.54, 1.807) is 0 Å². The van der Waals surface area contributed by atoms with Crippen molar-refractivity contribution in [3.05, 3.63) is 12.7 Å². The molecule has 1 aliphatic rings. The van der Waals surface area contributed by atoms with Crippen LogP contribution in [0.4, 0.5) is 0 Å². The normalized spacial score (nSPS) is 27.3. The smallest absolute Gasteiger partial charge is 0.0204 e. The first-order valence-corrected chi connectivity index (χ1v) is 4.80. The fraction of sp³-hybridized carbons (Fsp3) is 0.800. The Morgan fingerprint density at radius 2 is 2.50 bits per heavy atom. The third-order valence-electron chi connectivity index (χ3n) is 2.76. The van der Waals surface area contributed by atoms with Crippen molar-refractivity contribution in [3.8, 4) is 0 Å². The maximum atomic E-state index is 3.77. The molecule has 0 aromatic carbocycles. The van der Waals surface area contributed by atoms with Gasteiger partial charge in [-0.3, -0.25) is 4.90 Å². The molecule has 0 bridgehead atoms. The fourth-order valence-electron chi connectivity index (χ4n) is 1.81. The van der Waals surface area contributed by atoms with Crippen LogP contribution in [0.15, 0.2) is 12.7 Å². The van der Waals surface area contributed by atoms with Gasteiger partial charge in [-0.15, -0.1) is 6.58 Å². The lowest BCUT2D eigenvalue weighted by molar-refractivity contribution is 0.255. The van der Waals surface area contributed by atoms with E-state index in [4.69, 9.17) is 0 Å². The van der Waals surface area contributed by atoms with Gasteiger partial charge in [-0.2, -0.15) is 0 Å². The molecule has 70 valence electrons. The average Bonchev–Trinajstić information content (AvgIpc) is 2.52. The molecule has 1 fully saturated rings. The number of hydrogen-bond donors (Lipinski definition) is 1. The number of rotatable bonds is 4. The van der Waals surface area contributed by atoms with Crippen LogP contribution >= 0.6 is 0 Å². The highest BCUT2D eigenvalue weighted by molar-refractivity contribution is 4.85. The lowest BCUT2D eigenvalue weighted by Crippen LogP contribution is -2.34. The summed E-state index contributed by atoms with van der Waals surface area (Å²) in [5.41, 5.74) is 0. The van der Waals surface area contributed by atoms with Crippen LogP contribution in [0.5, 0.6) is 0 Å². The number of nitrogens with one attached hydrogen (secondary N) is 1. The van der Waals surface area contributed by atoms with E-state index in [9.17, 15) is 0 Å². The van der Waals surface area contributed by atoms with Crippen LogP contribution in [0.2, 0.25) is 0 Å². The van der Waals surface area contributed by atoms with Gasteiger partial charge >= 0.3 is 0 Å². The second kappa shape index (κ2) is 4.63. The summed E-state index contributed by atoms with van der Waals surface area (Å²) in [6.07, 6.45) is 4.41. The van der Waals surface area contributed by atoms with Gasteiger partial charge < -0.3 is 5.32 Å². The minimum Gasteiger partial charge on any atom is -0.316 e. The van der Waals surface area contributed by atoms with E-state index in [1.807, 2.05) is 13.1 Å². The van der Waals surface area contributed by atoms with Crippen molar-refractivity contribution in [1.29, 1.82) is 0 Å². The minimum absolute atomic E-state index is 0.667. The quantitative estimate of drug-likeness (QED) is 0.635. The topological polar surface area (TPSA) is 15.3 Å². The van der Waals surface area contributed by atoms with Gasteiger partial charge in [0, 0.05) is 25.2 Å². The van der Waals surface area contributed by atoms with Crippen LogP contribution < -0.4 is 5.32 Å². The summed E-state index contributed by atoms with van der Waals surface area (Å²) >= 11 is 0. The van der Waals surface area contributed by atoms with Crippen LogP contribution in [0.1, 0.15) is 19.8 Å². The first-order chi connectivity index (χ1) is 5.77. The van der Waals surface area contributed by atoms with Gasteiger partial charge in [0.15, 0.2) is 0 Å². The van der Waals surface area contributed by atoms with E-state index in [2.05, 4.69) is 23.7 Å². The molecule has 2 heteroatoms. The summed E-state index contributed by atoms with van der Waals surface area (Å²) in [6, 6.07) is 1.37. The number of likely N-dealkylation sites (tertiary alicyclic amines) is 1. The molecule has 2 atom stereocenters. The Hall–Kier alpha value is -0.340. The Balaban J connectivity index is 2.30. The van der Waals surface area contributed by atoms with Crippen molar-refractivity contribution in [2.45, 2.75) is 31.8 Å². The molecular weight excluding hydrogens is 148 g/mol. The molecule has 12 heavy (non-hydrogen) atoms. The molecule has 0 aliphatic carbocycles. The van der Waals surface area contributed by atoms with Gasteiger partial charge in [0.25, 0.3) is 0 Å². The molecule has 0 aromatic heterocycles. The summed E-state index contributed by atoms with van der Waals surface area (Å²) < 4.78 is 0. The lowest BCUT2D eigenvalue weighted by atomic mass is 10.2. The molecule has 1 saturated heterocycles. The second-order valence-electron chi connectivity index (χ2n) is 3.64. The average molecular weight is 168 g/mol. The highest BCUT2D eigenvalue weighted by Gasteiger charge is 2.23. The van der Waals surface area contributed by atoms with Crippen molar-refractivity contribution in [2.75, 3.05) is 20.1 Å². The molecule has 1 heterocycles. The first-order valence-electron chi connectivity index (χ1n) is 4.80. The fourth-order valence-corrected chi connectivity index (χ4v) is 1.81. The molecule has 1 aliphatic heterocycles. The summed E-state index contributed by atoms with van der Waals surface area (Å²) in [6.45, 7) is 8.48. The zero-order valence-electron chi connectivity index (χ0n) is 8.21. The maximum Gasteiger partial charge on any atom is 0.0204 e. The number of hydrogen-bond acceptors (Lipinski definition) is 2. The first kappa shape index (κ1) is 9.75. The van der Waals surface area contributed by atoms with E-state index >= 15 is 0 Å². The van der Waals surface area contributed by atoms with Crippen molar-refractivity contribution in [3.63, 3.8) is 0 Å². The van der Waals surface area contributed by atoms with Crippen molar-refractivity contribution >= 4 is 0 Å². The standard InChI is InChI=1S/C10H20N2/c1-4-5-9(2)12-7-6-10(8-12)11-3/h4,9-11H,1,5-8H2,2-3H3. The lowest BCUT2D eigenvalue weighted by Gasteiger charge is -2.22. The van der Waals surface area contributed by atoms with Crippen LogP contribution in [0.3, 0.4) is 0 Å². The van der Waals surface area contributed by atoms with Crippen molar-refractivity contribution < 1.29 is 0 Å². The van der Waals surface area contributed by atoms with Crippen molar-refractivity contribution in [2.24, 2.45) is 0 Å². The van der Waals surface area contributed by atoms with Crippen LogP contribution in [-0.4, -0.2) is 37.1 Å². The largest absolute Gasteiger partial charge is 0.316 e. The van der Waals surface area contributed by atoms with Gasteiger partial charge in [-0.1, -0.05) is 6.08 Å². The summed E-state index contributed by atoms with van der Waals surface area (Å²) in [7, 11) is 2.05. The zero-order valence-corrected chi connectivity index (χ0v) is 8.21. The third-order valence-corrected chi connectivity index (χ3v) is 2.76. The number of nitrogens with zero attached hydrogens (tertiary/aromatic N) is 1. The van der Waals surface area contributed by atoms with E-state index in [0.717, 1.165) is 6.42 Å². The Morgan fingerprint density at radius 3 is 3.00 bits per heavy atom.